The molecule has 0 saturated heterocycles. The second-order valence-corrected chi connectivity index (χ2v) is 3.69. The Bertz CT molecular complexity index is 346. The molecule has 0 bridgehead atoms. The molecule has 0 saturated carbocycles. The van der Waals surface area contributed by atoms with Gasteiger partial charge in [0.25, 0.3) is 0 Å². The molecule has 0 radical (unpaired) electrons. The van der Waals surface area contributed by atoms with Crippen molar-refractivity contribution < 1.29 is 9.90 Å². The molecule has 0 aliphatic heterocycles. The average Bonchev–Trinajstić information content (AvgIpc) is 2.30. The van der Waals surface area contributed by atoms with E-state index >= 15 is 0 Å². The Morgan fingerprint density at radius 2 is 2.12 bits per heavy atom. The predicted molar refractivity (Wildman–Crippen MR) is 65.0 cm³/mol. The zero-order valence-electron chi connectivity index (χ0n) is 9.47. The Hall–Kier alpha value is -1.64. The summed E-state index contributed by atoms with van der Waals surface area (Å²) in [6, 6.07) is 8.93. The minimum absolute atomic E-state index is 0.606. The zero-order chi connectivity index (χ0) is 11.8. The molecule has 3 nitrogen and oxygen atoms in total. The number of aliphatic imine (C=N–C) groups is 1. The highest BCUT2D eigenvalue weighted by Crippen LogP contribution is 2.05. The van der Waals surface area contributed by atoms with Gasteiger partial charge in [-0.25, -0.2) is 4.79 Å². The normalized spacial score (nSPS) is 12.8. The van der Waals surface area contributed by atoms with Gasteiger partial charge in [-0.15, -0.1) is 0 Å². The Morgan fingerprint density at radius 3 is 2.69 bits per heavy atom. The first-order valence-electron chi connectivity index (χ1n) is 5.55. The third-order valence-corrected chi connectivity index (χ3v) is 2.32. The summed E-state index contributed by atoms with van der Waals surface area (Å²) in [5, 5.41) is 8.96. The Morgan fingerprint density at radius 1 is 1.44 bits per heavy atom. The first-order chi connectivity index (χ1) is 7.74. The molecule has 1 atom stereocenters. The van der Waals surface area contributed by atoms with E-state index in [2.05, 4.69) is 4.99 Å². The molecular formula is C13H17NO2. The number of hydrogen-bond donors (Lipinski definition) is 1. The maximum absolute atomic E-state index is 10.9. The fourth-order valence-corrected chi connectivity index (χ4v) is 1.37. The smallest absolute Gasteiger partial charge is 0.328 e. The van der Waals surface area contributed by atoms with Gasteiger partial charge in [0, 0.05) is 6.21 Å². The van der Waals surface area contributed by atoms with E-state index in [0.717, 1.165) is 18.4 Å². The van der Waals surface area contributed by atoms with Gasteiger partial charge in [0.05, 0.1) is 0 Å². The van der Waals surface area contributed by atoms with Crippen molar-refractivity contribution in [3.8, 4) is 0 Å². The lowest BCUT2D eigenvalue weighted by Gasteiger charge is -2.05. The fourth-order valence-electron chi connectivity index (χ4n) is 1.37. The van der Waals surface area contributed by atoms with Gasteiger partial charge in [-0.2, -0.15) is 0 Å². The molecular weight excluding hydrogens is 202 g/mol. The minimum atomic E-state index is -0.847. The van der Waals surface area contributed by atoms with Gasteiger partial charge in [0.1, 0.15) is 6.04 Å². The molecule has 0 heterocycles. The number of carboxylic acids is 1. The van der Waals surface area contributed by atoms with E-state index in [1.54, 1.807) is 6.21 Å². The van der Waals surface area contributed by atoms with Gasteiger partial charge in [-0.3, -0.25) is 4.99 Å². The first kappa shape index (κ1) is 12.4. The molecule has 1 rings (SSSR count). The van der Waals surface area contributed by atoms with Crippen LogP contribution in [0.4, 0.5) is 0 Å². The molecule has 0 aromatic heterocycles. The molecule has 3 heteroatoms. The molecule has 0 aliphatic rings. The average molecular weight is 219 g/mol. The van der Waals surface area contributed by atoms with Crippen LogP contribution in [-0.2, 0) is 4.79 Å². The van der Waals surface area contributed by atoms with Crippen LogP contribution in [0.1, 0.15) is 31.7 Å². The van der Waals surface area contributed by atoms with Crippen molar-refractivity contribution in [1.29, 1.82) is 0 Å². The standard InChI is InChI=1S/C13H17NO2/c1-2-3-9-12(13(15)16)14-10-11-7-5-4-6-8-11/h4-8,10,12H,2-3,9H2,1H3,(H,15,16)/b14-10+. The van der Waals surface area contributed by atoms with E-state index in [1.807, 2.05) is 37.3 Å². The quantitative estimate of drug-likeness (QED) is 0.748. The van der Waals surface area contributed by atoms with Crippen molar-refractivity contribution in [3.63, 3.8) is 0 Å². The van der Waals surface area contributed by atoms with Crippen molar-refractivity contribution >= 4 is 12.2 Å². The lowest BCUT2D eigenvalue weighted by Crippen LogP contribution is -2.17. The molecule has 0 fully saturated rings. The summed E-state index contributed by atoms with van der Waals surface area (Å²) in [5.74, 6) is -0.847. The highest BCUT2D eigenvalue weighted by atomic mass is 16.4. The Kier molecular flexibility index (Phi) is 5.26. The van der Waals surface area contributed by atoms with E-state index in [4.69, 9.17) is 5.11 Å². The van der Waals surface area contributed by atoms with Gasteiger partial charge < -0.3 is 5.11 Å². The molecule has 1 aromatic rings. The van der Waals surface area contributed by atoms with Crippen LogP contribution in [0.2, 0.25) is 0 Å². The number of benzene rings is 1. The van der Waals surface area contributed by atoms with E-state index in [0.29, 0.717) is 6.42 Å². The Labute approximate surface area is 95.8 Å². The van der Waals surface area contributed by atoms with Crippen molar-refractivity contribution in [2.45, 2.75) is 32.2 Å². The molecule has 1 aromatic carbocycles. The van der Waals surface area contributed by atoms with Gasteiger partial charge >= 0.3 is 5.97 Å². The topological polar surface area (TPSA) is 49.7 Å². The molecule has 0 spiro atoms. The number of nitrogens with zero attached hydrogens (tertiary/aromatic N) is 1. The van der Waals surface area contributed by atoms with Crippen LogP contribution in [0.25, 0.3) is 0 Å². The van der Waals surface area contributed by atoms with Crippen LogP contribution in [0.5, 0.6) is 0 Å². The summed E-state index contributed by atoms with van der Waals surface area (Å²) >= 11 is 0. The molecule has 0 amide bonds. The van der Waals surface area contributed by atoms with E-state index in [9.17, 15) is 4.79 Å². The summed E-state index contributed by atoms with van der Waals surface area (Å²) in [4.78, 5) is 15.0. The van der Waals surface area contributed by atoms with Crippen LogP contribution in [0.3, 0.4) is 0 Å². The third-order valence-electron chi connectivity index (χ3n) is 2.32. The largest absolute Gasteiger partial charge is 0.480 e. The van der Waals surface area contributed by atoms with Gasteiger partial charge in [-0.1, -0.05) is 50.1 Å². The lowest BCUT2D eigenvalue weighted by atomic mass is 10.1. The van der Waals surface area contributed by atoms with Crippen LogP contribution in [0.15, 0.2) is 35.3 Å². The van der Waals surface area contributed by atoms with Crippen molar-refractivity contribution in [2.75, 3.05) is 0 Å². The van der Waals surface area contributed by atoms with Crippen LogP contribution in [0, 0.1) is 0 Å². The minimum Gasteiger partial charge on any atom is -0.480 e. The summed E-state index contributed by atoms with van der Waals surface area (Å²) in [5.41, 5.74) is 0.935. The van der Waals surface area contributed by atoms with Gasteiger partial charge in [0.2, 0.25) is 0 Å². The second-order valence-electron chi connectivity index (χ2n) is 3.69. The highest BCUT2D eigenvalue weighted by molar-refractivity contribution is 5.83. The maximum Gasteiger partial charge on any atom is 0.328 e. The number of carboxylic acid groups (broad SMARTS) is 1. The summed E-state index contributed by atoms with van der Waals surface area (Å²) in [6.07, 6.45) is 4.12. The molecule has 86 valence electrons. The molecule has 1 unspecified atom stereocenters. The SMILES string of the molecule is CCCCC(/N=C/c1ccccc1)C(=O)O. The van der Waals surface area contributed by atoms with Gasteiger partial charge in [0.15, 0.2) is 0 Å². The molecule has 1 N–H and O–H groups in total. The number of aliphatic carboxylic acids is 1. The second kappa shape index (κ2) is 6.77. The predicted octanol–water partition coefficient (Wildman–Crippen LogP) is 2.75. The van der Waals surface area contributed by atoms with Crippen LogP contribution >= 0.6 is 0 Å². The summed E-state index contributed by atoms with van der Waals surface area (Å²) in [7, 11) is 0. The van der Waals surface area contributed by atoms with Crippen molar-refractivity contribution in [3.05, 3.63) is 35.9 Å². The number of carbonyl (C=O) groups is 1. The summed E-state index contributed by atoms with van der Waals surface area (Å²) < 4.78 is 0. The van der Waals surface area contributed by atoms with E-state index in [1.165, 1.54) is 0 Å². The van der Waals surface area contributed by atoms with Crippen molar-refractivity contribution in [2.24, 2.45) is 4.99 Å². The summed E-state index contributed by atoms with van der Waals surface area (Å²) in [6.45, 7) is 2.04. The van der Waals surface area contributed by atoms with E-state index in [-0.39, 0.29) is 0 Å². The van der Waals surface area contributed by atoms with Gasteiger partial charge in [-0.05, 0) is 12.0 Å². The monoisotopic (exact) mass is 219 g/mol. The number of unbranched alkanes of at least 4 members (excludes halogenated alkanes) is 1. The maximum atomic E-state index is 10.9. The number of hydrogen-bond acceptors (Lipinski definition) is 2. The first-order valence-corrected chi connectivity index (χ1v) is 5.55. The molecule has 16 heavy (non-hydrogen) atoms. The third kappa shape index (κ3) is 4.26. The fraction of sp³-hybridized carbons (Fsp3) is 0.385. The number of rotatable bonds is 6. The van der Waals surface area contributed by atoms with Crippen molar-refractivity contribution in [1.82, 2.24) is 0 Å². The Balaban J connectivity index is 2.61. The lowest BCUT2D eigenvalue weighted by molar-refractivity contribution is -0.138. The zero-order valence-corrected chi connectivity index (χ0v) is 9.47. The molecule has 0 aliphatic carbocycles. The van der Waals surface area contributed by atoms with E-state index < -0.39 is 12.0 Å². The highest BCUT2D eigenvalue weighted by Gasteiger charge is 2.13. The van der Waals surface area contributed by atoms with Crippen LogP contribution in [-0.4, -0.2) is 23.3 Å². The van der Waals surface area contributed by atoms with Crippen LogP contribution < -0.4 is 0 Å².